The Labute approximate surface area is 172 Å². The van der Waals surface area contributed by atoms with Crippen molar-refractivity contribution in [2.24, 2.45) is 0 Å². The normalized spacial score (nSPS) is 10.8. The van der Waals surface area contributed by atoms with E-state index >= 15 is 0 Å². The highest BCUT2D eigenvalue weighted by atomic mass is 35.5. The number of rotatable bonds is 8. The van der Waals surface area contributed by atoms with Crippen LogP contribution in [0.5, 0.6) is 5.75 Å². The van der Waals surface area contributed by atoms with Crippen molar-refractivity contribution in [3.63, 3.8) is 0 Å². The second-order valence-electron chi connectivity index (χ2n) is 6.26. The van der Waals surface area contributed by atoms with Crippen LogP contribution in [-0.4, -0.2) is 36.6 Å². The summed E-state index contributed by atoms with van der Waals surface area (Å²) in [6.07, 6.45) is 1.75. The van der Waals surface area contributed by atoms with E-state index in [0.29, 0.717) is 35.4 Å². The maximum atomic E-state index is 14.3. The summed E-state index contributed by atoms with van der Waals surface area (Å²) in [5.41, 5.74) is 1.57. The van der Waals surface area contributed by atoms with E-state index in [2.05, 4.69) is 25.9 Å². The molecule has 152 valence electrons. The molecule has 9 heteroatoms. The minimum absolute atomic E-state index is 0.0139. The predicted octanol–water partition coefficient (Wildman–Crippen LogP) is 3.40. The number of nitrogens with zero attached hydrogens (tertiary/aromatic N) is 2. The predicted molar refractivity (Wildman–Crippen MR) is 111 cm³/mol. The number of anilines is 2. The largest absolute Gasteiger partial charge is 0.496 e. The molecule has 0 saturated heterocycles. The van der Waals surface area contributed by atoms with E-state index in [4.69, 9.17) is 16.3 Å². The molecule has 7 nitrogen and oxygen atoms in total. The molecule has 0 aliphatic carbocycles. The lowest BCUT2D eigenvalue weighted by Gasteiger charge is -2.14. The molecule has 0 aliphatic rings. The van der Waals surface area contributed by atoms with E-state index in [9.17, 15) is 9.18 Å². The smallest absolute Gasteiger partial charge is 0.221 e. The van der Waals surface area contributed by atoms with Gasteiger partial charge in [-0.1, -0.05) is 17.7 Å². The van der Waals surface area contributed by atoms with Crippen LogP contribution in [0.1, 0.15) is 12.0 Å². The van der Waals surface area contributed by atoms with Crippen molar-refractivity contribution in [3.05, 3.63) is 53.1 Å². The summed E-state index contributed by atoms with van der Waals surface area (Å²) in [4.78, 5) is 20.4. The minimum atomic E-state index is -0.563. The van der Waals surface area contributed by atoms with E-state index in [0.717, 1.165) is 5.56 Å². The van der Waals surface area contributed by atoms with Gasteiger partial charge < -0.3 is 20.7 Å². The maximum Gasteiger partial charge on any atom is 0.221 e. The molecule has 0 unspecified atom stereocenters. The Morgan fingerprint density at radius 2 is 2.10 bits per heavy atom. The van der Waals surface area contributed by atoms with Gasteiger partial charge in [0, 0.05) is 36.5 Å². The highest BCUT2D eigenvalue weighted by Gasteiger charge is 2.13. The first kappa shape index (κ1) is 20.8. The average Bonchev–Trinajstić information content (AvgIpc) is 2.73. The van der Waals surface area contributed by atoms with Crippen molar-refractivity contribution < 1.29 is 13.9 Å². The van der Waals surface area contributed by atoms with Crippen molar-refractivity contribution in [3.8, 4) is 5.75 Å². The van der Waals surface area contributed by atoms with Crippen molar-refractivity contribution in [2.45, 2.75) is 13.0 Å². The minimum Gasteiger partial charge on any atom is -0.496 e. The Morgan fingerprint density at radius 3 is 2.86 bits per heavy atom. The number of methoxy groups -OCH3 is 1. The number of carbonyl (C=O) groups excluding carboxylic acids is 1. The van der Waals surface area contributed by atoms with Gasteiger partial charge in [0.15, 0.2) is 5.82 Å². The zero-order valence-corrected chi connectivity index (χ0v) is 16.8. The van der Waals surface area contributed by atoms with E-state index in [1.54, 1.807) is 32.4 Å². The zero-order chi connectivity index (χ0) is 20.8. The van der Waals surface area contributed by atoms with E-state index in [1.807, 2.05) is 6.07 Å². The molecule has 29 heavy (non-hydrogen) atoms. The summed E-state index contributed by atoms with van der Waals surface area (Å²) in [6, 6.07) is 8.26. The first-order chi connectivity index (χ1) is 14.0. The van der Waals surface area contributed by atoms with Gasteiger partial charge >= 0.3 is 0 Å². The third-order valence-corrected chi connectivity index (χ3v) is 4.61. The number of halogens is 2. The lowest BCUT2D eigenvalue weighted by Crippen LogP contribution is -2.26. The first-order valence-electron chi connectivity index (χ1n) is 8.97. The molecule has 3 aromatic rings. The Bertz CT molecular complexity index is 1030. The molecule has 1 aromatic heterocycles. The Morgan fingerprint density at radius 1 is 1.28 bits per heavy atom. The number of fused-ring (bicyclic) bond motifs is 1. The lowest BCUT2D eigenvalue weighted by molar-refractivity contribution is -0.121. The molecule has 3 N–H and O–H groups in total. The van der Waals surface area contributed by atoms with Crippen molar-refractivity contribution in [1.29, 1.82) is 0 Å². The molecule has 2 aromatic carbocycles. The third kappa shape index (κ3) is 4.90. The summed E-state index contributed by atoms with van der Waals surface area (Å²) in [6.45, 7) is 0.870. The van der Waals surface area contributed by atoms with Gasteiger partial charge in [-0.05, 0) is 25.2 Å². The lowest BCUT2D eigenvalue weighted by atomic mass is 10.1. The second kappa shape index (κ2) is 9.49. The molecule has 1 amide bonds. The van der Waals surface area contributed by atoms with Crippen LogP contribution < -0.4 is 20.7 Å². The summed E-state index contributed by atoms with van der Waals surface area (Å²) in [7, 11) is 3.34. The zero-order valence-electron chi connectivity index (χ0n) is 16.1. The van der Waals surface area contributed by atoms with Crippen molar-refractivity contribution in [2.75, 3.05) is 26.0 Å². The highest BCUT2D eigenvalue weighted by molar-refractivity contribution is 6.31. The number of amides is 1. The molecule has 0 atom stereocenters. The van der Waals surface area contributed by atoms with Gasteiger partial charge in [-0.3, -0.25) is 4.79 Å². The van der Waals surface area contributed by atoms with Crippen LogP contribution in [0, 0.1) is 5.82 Å². The molecule has 0 fully saturated rings. The van der Waals surface area contributed by atoms with Gasteiger partial charge in [0.2, 0.25) is 5.91 Å². The number of aromatic nitrogens is 2. The molecule has 0 bridgehead atoms. The van der Waals surface area contributed by atoms with Gasteiger partial charge in [0.05, 0.1) is 23.3 Å². The molecule has 3 rings (SSSR count). The SMILES string of the molecule is CNCCC(=O)NCc1cc2c(Nc3cccc(Cl)c3F)ncnc2cc1OC. The standard InChI is InChI=1S/C20H21ClFN5O2/c1-23-7-6-18(28)24-10-12-8-13-16(9-17(12)29-2)25-11-26-20(13)27-15-5-3-4-14(21)19(15)22/h3-5,8-9,11,23H,6-7,10H2,1-2H3,(H,24,28)(H,25,26,27). The quantitative estimate of drug-likeness (QED) is 0.520. The van der Waals surface area contributed by atoms with Crippen LogP contribution in [-0.2, 0) is 11.3 Å². The molecule has 1 heterocycles. The summed E-state index contributed by atoms with van der Waals surface area (Å²) >= 11 is 5.86. The molecule has 0 spiro atoms. The number of hydrogen-bond acceptors (Lipinski definition) is 6. The molecule has 0 saturated carbocycles. The summed E-state index contributed by atoms with van der Waals surface area (Å²) in [5, 5.41) is 9.43. The number of hydrogen-bond donors (Lipinski definition) is 3. The van der Waals surface area contributed by atoms with Crippen LogP contribution >= 0.6 is 11.6 Å². The third-order valence-electron chi connectivity index (χ3n) is 4.32. The van der Waals surface area contributed by atoms with Gasteiger partial charge in [-0.15, -0.1) is 0 Å². The van der Waals surface area contributed by atoms with Gasteiger partial charge in [-0.25, -0.2) is 14.4 Å². The van der Waals surface area contributed by atoms with E-state index in [-0.39, 0.29) is 23.2 Å². The fourth-order valence-electron chi connectivity index (χ4n) is 2.81. The second-order valence-corrected chi connectivity index (χ2v) is 6.67. The van der Waals surface area contributed by atoms with Crippen LogP contribution in [0.4, 0.5) is 15.9 Å². The summed E-state index contributed by atoms with van der Waals surface area (Å²) < 4.78 is 19.7. The number of ether oxygens (including phenoxy) is 1. The highest BCUT2D eigenvalue weighted by Crippen LogP contribution is 2.31. The van der Waals surface area contributed by atoms with E-state index in [1.165, 1.54) is 12.4 Å². The average molecular weight is 418 g/mol. The van der Waals surface area contributed by atoms with E-state index < -0.39 is 5.82 Å². The topological polar surface area (TPSA) is 88.2 Å². The number of nitrogens with one attached hydrogen (secondary N) is 3. The van der Waals surface area contributed by atoms with Crippen LogP contribution in [0.15, 0.2) is 36.7 Å². The van der Waals surface area contributed by atoms with Gasteiger partial charge in [0.1, 0.15) is 17.9 Å². The fourth-order valence-corrected chi connectivity index (χ4v) is 2.98. The Balaban J connectivity index is 1.93. The molecular weight excluding hydrogens is 397 g/mol. The van der Waals surface area contributed by atoms with Gasteiger partial charge in [-0.2, -0.15) is 0 Å². The van der Waals surface area contributed by atoms with Crippen molar-refractivity contribution in [1.82, 2.24) is 20.6 Å². The number of carbonyl (C=O) groups is 1. The van der Waals surface area contributed by atoms with Crippen LogP contribution in [0.3, 0.4) is 0 Å². The molecule has 0 radical (unpaired) electrons. The molecular formula is C20H21ClFN5O2. The first-order valence-corrected chi connectivity index (χ1v) is 9.35. The fraction of sp³-hybridized carbons (Fsp3) is 0.250. The van der Waals surface area contributed by atoms with Gasteiger partial charge in [0.25, 0.3) is 0 Å². The Kier molecular flexibility index (Phi) is 6.79. The summed E-state index contributed by atoms with van der Waals surface area (Å²) in [5.74, 6) is 0.364. The number of benzene rings is 2. The maximum absolute atomic E-state index is 14.3. The Hall–Kier alpha value is -2.97. The van der Waals surface area contributed by atoms with Crippen LogP contribution in [0.25, 0.3) is 10.9 Å². The van der Waals surface area contributed by atoms with Crippen LogP contribution in [0.2, 0.25) is 5.02 Å². The monoisotopic (exact) mass is 417 g/mol. The molecule has 0 aliphatic heterocycles. The van der Waals surface area contributed by atoms with Crippen molar-refractivity contribution >= 4 is 39.9 Å².